The zero-order chi connectivity index (χ0) is 19.9. The van der Waals surface area contributed by atoms with Crippen molar-refractivity contribution in [3.63, 3.8) is 0 Å². The molecule has 0 spiro atoms. The van der Waals surface area contributed by atoms with Gasteiger partial charge in [-0.25, -0.2) is 8.78 Å². The van der Waals surface area contributed by atoms with Gasteiger partial charge in [-0.15, -0.1) is 0 Å². The molecule has 2 aromatic rings. The maximum Gasteiger partial charge on any atom is 0.259 e. The summed E-state index contributed by atoms with van der Waals surface area (Å²) in [5, 5.41) is 13.4. The van der Waals surface area contributed by atoms with E-state index in [1.165, 1.54) is 18.2 Å². The Kier molecular flexibility index (Phi) is 5.19. The zero-order valence-electron chi connectivity index (χ0n) is 15.9. The lowest BCUT2D eigenvalue weighted by Crippen LogP contribution is -2.36. The van der Waals surface area contributed by atoms with E-state index in [0.717, 1.165) is 28.0 Å². The third-order valence-corrected chi connectivity index (χ3v) is 3.83. The molecule has 0 radical (unpaired) electrons. The first-order chi connectivity index (χ1) is 11.8. The molecule has 2 aromatic carbocycles. The second kappa shape index (κ2) is 6.76. The van der Waals surface area contributed by atoms with E-state index in [0.29, 0.717) is 0 Å². The molecule has 0 fully saturated rings. The predicted octanol–water partition coefficient (Wildman–Crippen LogP) is 5.94. The lowest BCUT2D eigenvalue weighted by Gasteiger charge is -2.43. The molecule has 26 heavy (non-hydrogen) atoms. The molecular weight excluding hydrogens is 338 g/mol. The molecule has 0 amide bonds. The molecule has 0 aliphatic carbocycles. The molecule has 0 aromatic heterocycles. The van der Waals surface area contributed by atoms with Gasteiger partial charge in [-0.3, -0.25) is 0 Å². The minimum absolute atomic E-state index is 0.00211. The topological polar surface area (TPSA) is 46.4 Å². The van der Waals surface area contributed by atoms with Gasteiger partial charge in [0.1, 0.15) is 11.6 Å². The maximum atomic E-state index is 14.2. The van der Waals surface area contributed by atoms with Crippen LogP contribution in [-0.2, 0) is 0 Å². The Morgan fingerprint density at radius 1 is 0.962 bits per heavy atom. The number of nitrogens with zero attached hydrogens (tertiary/aromatic N) is 2. The standard InChI is InChI=1S/C20H24F2N2O2/c1-19(2,3)23(25)15-9-13(17-11-14(21)7-8-18(17)22)10-16(12-15)24(26)20(4,5)6/h7-12H,1-6H3. The average Bonchev–Trinajstić information content (AvgIpc) is 2.53. The molecule has 0 heterocycles. The van der Waals surface area contributed by atoms with Crippen molar-refractivity contribution in [1.82, 2.24) is 0 Å². The Hall–Kier alpha value is -2.34. The van der Waals surface area contributed by atoms with E-state index in [1.807, 2.05) is 0 Å². The minimum atomic E-state index is -0.758. The van der Waals surface area contributed by atoms with Crippen molar-refractivity contribution in [3.05, 3.63) is 58.1 Å². The first kappa shape index (κ1) is 20.0. The lowest BCUT2D eigenvalue weighted by atomic mass is 10.00. The Bertz CT molecular complexity index is 837. The van der Waals surface area contributed by atoms with Gasteiger partial charge in [0.25, 0.3) is 5.69 Å². The monoisotopic (exact) mass is 362 g/mol. The lowest BCUT2D eigenvalue weighted by molar-refractivity contribution is -0.540. The molecule has 0 aliphatic rings. The average molecular weight is 362 g/mol. The first-order valence-electron chi connectivity index (χ1n) is 8.36. The van der Waals surface area contributed by atoms with Crippen LogP contribution >= 0.6 is 0 Å². The molecule has 0 bridgehead atoms. The van der Waals surface area contributed by atoms with E-state index in [1.54, 1.807) is 41.5 Å². The molecule has 0 N–H and O–H groups in total. The van der Waals surface area contributed by atoms with Gasteiger partial charge in [-0.1, -0.05) is 0 Å². The summed E-state index contributed by atoms with van der Waals surface area (Å²) in [5.41, 5.74) is -0.836. The number of benzene rings is 2. The third kappa shape index (κ3) is 4.25. The van der Waals surface area contributed by atoms with Crippen LogP contribution in [0.3, 0.4) is 0 Å². The van der Waals surface area contributed by atoms with Crippen molar-refractivity contribution in [1.29, 1.82) is 0 Å². The second-order valence-corrected chi connectivity index (χ2v) is 8.29. The number of nitroso groups, excluding NO2 is 1. The molecule has 0 unspecified atom stereocenters. The van der Waals surface area contributed by atoms with Gasteiger partial charge in [-0.05, 0) is 50.6 Å². The molecule has 6 heteroatoms. The molecule has 0 saturated carbocycles. The highest BCUT2D eigenvalue weighted by molar-refractivity contribution is 5.73. The van der Waals surface area contributed by atoms with Gasteiger partial charge in [0.2, 0.25) is 5.54 Å². The van der Waals surface area contributed by atoms with Crippen molar-refractivity contribution in [3.8, 4) is 11.1 Å². The quantitative estimate of drug-likeness (QED) is 0.501. The summed E-state index contributed by atoms with van der Waals surface area (Å²) in [5.74, 6) is -1.23. The smallest absolute Gasteiger partial charge is 0.259 e. The highest BCUT2D eigenvalue weighted by Crippen LogP contribution is 2.35. The van der Waals surface area contributed by atoms with Gasteiger partial charge in [0.15, 0.2) is 0 Å². The summed E-state index contributed by atoms with van der Waals surface area (Å²) < 4.78 is 28.6. The van der Waals surface area contributed by atoms with E-state index >= 15 is 0 Å². The Morgan fingerprint density at radius 3 is 2.12 bits per heavy atom. The van der Waals surface area contributed by atoms with Crippen LogP contribution in [-0.4, -0.2) is 15.8 Å². The van der Waals surface area contributed by atoms with Crippen LogP contribution < -0.4 is 5.06 Å². The molecule has 0 atom stereocenters. The number of halogens is 2. The van der Waals surface area contributed by atoms with Crippen LogP contribution in [0, 0.1) is 21.7 Å². The summed E-state index contributed by atoms with van der Waals surface area (Å²) in [6.45, 7) is 10.4. The fourth-order valence-corrected chi connectivity index (χ4v) is 2.48. The minimum Gasteiger partial charge on any atom is -0.758 e. The maximum absolute atomic E-state index is 14.2. The summed E-state index contributed by atoms with van der Waals surface area (Å²) in [6, 6.07) is 7.50. The van der Waals surface area contributed by atoms with Crippen molar-refractivity contribution >= 4 is 11.4 Å². The highest BCUT2D eigenvalue weighted by atomic mass is 19.1. The predicted molar refractivity (Wildman–Crippen MR) is 100 cm³/mol. The SMILES string of the molecule is CC(C)(C)N([O-])c1cc(-c2cc(F)ccc2F)cc([N+](=O)C(C)(C)C)c1. The van der Waals surface area contributed by atoms with Gasteiger partial charge < -0.3 is 10.3 Å². The first-order valence-corrected chi connectivity index (χ1v) is 8.36. The van der Waals surface area contributed by atoms with Gasteiger partial charge in [0, 0.05) is 59.4 Å². The van der Waals surface area contributed by atoms with Crippen LogP contribution in [0.4, 0.5) is 20.2 Å². The fraction of sp³-hybridized carbons (Fsp3) is 0.400. The number of hydrogen-bond acceptors (Lipinski definition) is 3. The van der Waals surface area contributed by atoms with Crippen LogP contribution in [0.5, 0.6) is 0 Å². The van der Waals surface area contributed by atoms with Gasteiger partial charge in [0.05, 0.1) is 0 Å². The Balaban J connectivity index is 2.72. The van der Waals surface area contributed by atoms with E-state index in [2.05, 4.69) is 0 Å². The largest absolute Gasteiger partial charge is 0.758 e. The summed E-state index contributed by atoms with van der Waals surface area (Å²) in [4.78, 5) is 12.7. The Morgan fingerprint density at radius 2 is 1.58 bits per heavy atom. The van der Waals surface area contributed by atoms with Gasteiger partial charge in [-0.2, -0.15) is 0 Å². The van der Waals surface area contributed by atoms with Gasteiger partial charge >= 0.3 is 0 Å². The van der Waals surface area contributed by atoms with Crippen LogP contribution in [0.1, 0.15) is 41.5 Å². The van der Waals surface area contributed by atoms with Crippen molar-refractivity contribution < 1.29 is 13.5 Å². The summed E-state index contributed by atoms with van der Waals surface area (Å²) in [7, 11) is 0. The van der Waals surface area contributed by atoms with Crippen LogP contribution in [0.25, 0.3) is 11.1 Å². The molecule has 2 rings (SSSR count). The molecular formula is C20H24F2N2O2. The number of hydrogen-bond donors (Lipinski definition) is 0. The molecule has 4 nitrogen and oxygen atoms in total. The Labute approximate surface area is 152 Å². The van der Waals surface area contributed by atoms with E-state index in [4.69, 9.17) is 0 Å². The fourth-order valence-electron chi connectivity index (χ4n) is 2.48. The van der Waals surface area contributed by atoms with Crippen LogP contribution in [0.15, 0.2) is 36.4 Å². The number of rotatable bonds is 3. The summed E-state index contributed by atoms with van der Waals surface area (Å²) in [6.07, 6.45) is 0. The van der Waals surface area contributed by atoms with Crippen molar-refractivity contribution in [2.24, 2.45) is 0 Å². The molecule has 140 valence electrons. The van der Waals surface area contributed by atoms with E-state index in [-0.39, 0.29) is 22.5 Å². The second-order valence-electron chi connectivity index (χ2n) is 8.29. The third-order valence-electron chi connectivity index (χ3n) is 3.83. The number of hydroxylamine groups is 1. The van der Waals surface area contributed by atoms with Crippen molar-refractivity contribution in [2.45, 2.75) is 52.6 Å². The highest BCUT2D eigenvalue weighted by Gasteiger charge is 2.32. The summed E-state index contributed by atoms with van der Waals surface area (Å²) >= 11 is 0. The van der Waals surface area contributed by atoms with E-state index in [9.17, 15) is 18.9 Å². The zero-order valence-corrected chi connectivity index (χ0v) is 15.9. The normalized spacial score (nSPS) is 12.2. The number of anilines is 1. The van der Waals surface area contributed by atoms with E-state index < -0.39 is 22.7 Å². The van der Waals surface area contributed by atoms with Crippen molar-refractivity contribution in [2.75, 3.05) is 5.06 Å². The van der Waals surface area contributed by atoms with Crippen LogP contribution in [0.2, 0.25) is 0 Å². The molecule has 0 aliphatic heterocycles. The molecule has 0 saturated heterocycles.